The lowest BCUT2D eigenvalue weighted by Gasteiger charge is -2.36. The summed E-state index contributed by atoms with van der Waals surface area (Å²) in [7, 11) is 0. The zero-order chi connectivity index (χ0) is 13.9. The van der Waals surface area contributed by atoms with Crippen LogP contribution < -0.4 is 5.73 Å². The Kier molecular flexibility index (Phi) is 4.39. The number of rotatable bonds is 4. The molecule has 1 aromatic carbocycles. The molecule has 0 aliphatic carbocycles. The third-order valence-corrected chi connectivity index (χ3v) is 4.03. The van der Waals surface area contributed by atoms with Gasteiger partial charge in [0.25, 0.3) is 5.69 Å². The van der Waals surface area contributed by atoms with E-state index in [4.69, 9.17) is 22.1 Å². The highest BCUT2D eigenvalue weighted by atomic mass is 35.5. The van der Waals surface area contributed by atoms with Crippen molar-refractivity contribution in [2.45, 2.75) is 19.3 Å². The van der Waals surface area contributed by atoms with Crippen molar-refractivity contribution < 1.29 is 9.66 Å². The summed E-state index contributed by atoms with van der Waals surface area (Å²) in [5, 5.41) is 11.5. The van der Waals surface area contributed by atoms with Gasteiger partial charge in [-0.15, -0.1) is 0 Å². The zero-order valence-electron chi connectivity index (χ0n) is 10.6. The van der Waals surface area contributed by atoms with Crippen LogP contribution in [0.3, 0.4) is 0 Å². The Hall–Kier alpha value is -1.17. The maximum Gasteiger partial charge on any atom is 0.274 e. The van der Waals surface area contributed by atoms with Gasteiger partial charge in [-0.3, -0.25) is 10.1 Å². The van der Waals surface area contributed by atoms with Gasteiger partial charge in [0.05, 0.1) is 4.92 Å². The molecule has 6 heteroatoms. The van der Waals surface area contributed by atoms with Gasteiger partial charge < -0.3 is 10.5 Å². The number of nitrogens with zero attached hydrogens (tertiary/aromatic N) is 1. The number of nitro groups is 1. The number of ether oxygens (including phenoxy) is 1. The van der Waals surface area contributed by atoms with E-state index in [1.54, 1.807) is 12.1 Å². The summed E-state index contributed by atoms with van der Waals surface area (Å²) in [6.45, 7) is 1.84. The zero-order valence-corrected chi connectivity index (χ0v) is 11.4. The van der Waals surface area contributed by atoms with Gasteiger partial charge in [0, 0.05) is 29.9 Å². The second-order valence-electron chi connectivity index (χ2n) is 5.02. The van der Waals surface area contributed by atoms with E-state index < -0.39 is 0 Å². The fourth-order valence-corrected chi connectivity index (χ4v) is 2.68. The van der Waals surface area contributed by atoms with E-state index in [0.717, 1.165) is 12.8 Å². The van der Waals surface area contributed by atoms with E-state index in [1.807, 2.05) is 0 Å². The minimum atomic E-state index is -0.384. The third kappa shape index (κ3) is 3.23. The highest BCUT2D eigenvalue weighted by Gasteiger charge is 2.33. The predicted molar refractivity (Wildman–Crippen MR) is 73.4 cm³/mol. The van der Waals surface area contributed by atoms with Gasteiger partial charge >= 0.3 is 0 Å². The third-order valence-electron chi connectivity index (χ3n) is 3.80. The van der Waals surface area contributed by atoms with Crippen molar-refractivity contribution in [3.05, 3.63) is 38.9 Å². The Morgan fingerprint density at radius 3 is 2.68 bits per heavy atom. The number of benzene rings is 1. The van der Waals surface area contributed by atoms with Crippen LogP contribution in [-0.4, -0.2) is 24.7 Å². The molecular weight excluding hydrogens is 268 g/mol. The van der Waals surface area contributed by atoms with Crippen molar-refractivity contribution in [2.24, 2.45) is 11.1 Å². The Morgan fingerprint density at radius 2 is 2.11 bits per heavy atom. The molecule has 1 saturated heterocycles. The topological polar surface area (TPSA) is 78.4 Å². The molecule has 1 aliphatic heterocycles. The van der Waals surface area contributed by atoms with Crippen LogP contribution in [0.25, 0.3) is 0 Å². The summed E-state index contributed by atoms with van der Waals surface area (Å²) in [4.78, 5) is 10.7. The Morgan fingerprint density at radius 1 is 1.42 bits per heavy atom. The van der Waals surface area contributed by atoms with Crippen LogP contribution in [0.4, 0.5) is 5.69 Å². The SMILES string of the molecule is NCC1(Cc2ccc(Cl)cc2[N+](=O)[O-])CCOCC1. The Balaban J connectivity index is 2.28. The Labute approximate surface area is 116 Å². The monoisotopic (exact) mass is 284 g/mol. The van der Waals surface area contributed by atoms with Crippen molar-refractivity contribution in [3.8, 4) is 0 Å². The van der Waals surface area contributed by atoms with Crippen LogP contribution in [0, 0.1) is 15.5 Å². The van der Waals surface area contributed by atoms with Gasteiger partial charge in [-0.05, 0) is 37.3 Å². The molecular formula is C13H17ClN2O3. The van der Waals surface area contributed by atoms with E-state index in [0.29, 0.717) is 36.8 Å². The lowest BCUT2D eigenvalue weighted by Crippen LogP contribution is -2.38. The summed E-state index contributed by atoms with van der Waals surface area (Å²) in [5.41, 5.74) is 6.56. The standard InChI is InChI=1S/C13H17ClN2O3/c14-11-2-1-10(12(7-11)16(17)18)8-13(9-15)3-5-19-6-4-13/h1-2,7H,3-6,8-9,15H2. The molecule has 0 unspecified atom stereocenters. The van der Waals surface area contributed by atoms with Crippen LogP contribution >= 0.6 is 11.6 Å². The second-order valence-corrected chi connectivity index (χ2v) is 5.46. The molecule has 19 heavy (non-hydrogen) atoms. The van der Waals surface area contributed by atoms with Gasteiger partial charge in [-0.25, -0.2) is 0 Å². The fourth-order valence-electron chi connectivity index (χ4n) is 2.52. The molecule has 0 radical (unpaired) electrons. The molecule has 2 rings (SSSR count). The minimum Gasteiger partial charge on any atom is -0.381 e. The molecule has 104 valence electrons. The first-order chi connectivity index (χ1) is 9.06. The molecule has 0 atom stereocenters. The smallest absolute Gasteiger partial charge is 0.274 e. The van der Waals surface area contributed by atoms with Crippen LogP contribution in [0.15, 0.2) is 18.2 Å². The van der Waals surface area contributed by atoms with Crippen LogP contribution in [0.5, 0.6) is 0 Å². The summed E-state index contributed by atoms with van der Waals surface area (Å²) in [6, 6.07) is 4.82. The van der Waals surface area contributed by atoms with E-state index in [9.17, 15) is 10.1 Å². The first kappa shape index (κ1) is 14.2. The van der Waals surface area contributed by atoms with E-state index in [1.165, 1.54) is 6.07 Å². The van der Waals surface area contributed by atoms with Crippen molar-refractivity contribution in [1.82, 2.24) is 0 Å². The molecule has 0 bridgehead atoms. The van der Waals surface area contributed by atoms with E-state index >= 15 is 0 Å². The number of nitro benzene ring substituents is 1. The fraction of sp³-hybridized carbons (Fsp3) is 0.538. The first-order valence-corrected chi connectivity index (χ1v) is 6.65. The van der Waals surface area contributed by atoms with Crippen molar-refractivity contribution in [2.75, 3.05) is 19.8 Å². The predicted octanol–water partition coefficient (Wildman–Crippen LogP) is 2.55. The lowest BCUT2D eigenvalue weighted by atomic mass is 9.75. The van der Waals surface area contributed by atoms with Crippen LogP contribution in [0.2, 0.25) is 5.02 Å². The molecule has 0 amide bonds. The summed E-state index contributed by atoms with van der Waals surface area (Å²) in [6.07, 6.45) is 2.27. The average Bonchev–Trinajstić information content (AvgIpc) is 2.42. The van der Waals surface area contributed by atoms with Crippen molar-refractivity contribution in [3.63, 3.8) is 0 Å². The van der Waals surface area contributed by atoms with E-state index in [-0.39, 0.29) is 16.0 Å². The van der Waals surface area contributed by atoms with Gasteiger partial charge in [0.2, 0.25) is 0 Å². The molecule has 0 saturated carbocycles. The van der Waals surface area contributed by atoms with Gasteiger partial charge in [-0.2, -0.15) is 0 Å². The molecule has 1 heterocycles. The highest BCUT2D eigenvalue weighted by Crippen LogP contribution is 2.36. The lowest BCUT2D eigenvalue weighted by molar-refractivity contribution is -0.385. The van der Waals surface area contributed by atoms with Crippen molar-refractivity contribution >= 4 is 17.3 Å². The highest BCUT2D eigenvalue weighted by molar-refractivity contribution is 6.30. The summed E-state index contributed by atoms with van der Waals surface area (Å²) >= 11 is 5.82. The van der Waals surface area contributed by atoms with Crippen molar-refractivity contribution in [1.29, 1.82) is 0 Å². The number of halogens is 1. The molecule has 0 spiro atoms. The Bertz CT molecular complexity index is 473. The van der Waals surface area contributed by atoms with Crippen LogP contribution in [0.1, 0.15) is 18.4 Å². The average molecular weight is 285 g/mol. The molecule has 1 fully saturated rings. The van der Waals surface area contributed by atoms with Gasteiger partial charge in [0.15, 0.2) is 0 Å². The summed E-state index contributed by atoms with van der Waals surface area (Å²) < 4.78 is 5.35. The second kappa shape index (κ2) is 5.86. The quantitative estimate of drug-likeness (QED) is 0.681. The molecule has 1 aliphatic rings. The van der Waals surface area contributed by atoms with Gasteiger partial charge in [-0.1, -0.05) is 17.7 Å². The molecule has 5 nitrogen and oxygen atoms in total. The first-order valence-electron chi connectivity index (χ1n) is 6.27. The molecule has 1 aromatic rings. The van der Waals surface area contributed by atoms with Gasteiger partial charge in [0.1, 0.15) is 0 Å². The number of hydrogen-bond donors (Lipinski definition) is 1. The maximum atomic E-state index is 11.1. The number of hydrogen-bond acceptors (Lipinski definition) is 4. The molecule has 0 aromatic heterocycles. The van der Waals surface area contributed by atoms with E-state index in [2.05, 4.69) is 0 Å². The normalized spacial score (nSPS) is 18.2. The number of nitrogens with two attached hydrogens (primary N) is 1. The van der Waals surface area contributed by atoms with Crippen LogP contribution in [-0.2, 0) is 11.2 Å². The summed E-state index contributed by atoms with van der Waals surface area (Å²) in [5.74, 6) is 0. The largest absolute Gasteiger partial charge is 0.381 e. The minimum absolute atomic E-state index is 0.0758. The molecule has 2 N–H and O–H groups in total. The maximum absolute atomic E-state index is 11.1.